The molecule has 0 saturated heterocycles. The third-order valence-corrected chi connectivity index (χ3v) is 6.24. The Morgan fingerprint density at radius 1 is 1.48 bits per heavy atom. The normalized spacial score (nSPS) is 13.2. The number of nitrogen functional groups attached to an aromatic ring is 1. The maximum atomic E-state index is 12.0. The zero-order valence-corrected chi connectivity index (χ0v) is 13.4. The van der Waals surface area contributed by atoms with Crippen molar-refractivity contribution < 1.29 is 13.2 Å². The Labute approximate surface area is 127 Å². The van der Waals surface area contributed by atoms with Gasteiger partial charge in [0.2, 0.25) is 5.91 Å². The van der Waals surface area contributed by atoms with E-state index in [0.29, 0.717) is 22.8 Å². The van der Waals surface area contributed by atoms with Crippen molar-refractivity contribution in [2.24, 2.45) is 0 Å². The van der Waals surface area contributed by atoms with Crippen molar-refractivity contribution in [1.29, 1.82) is 0 Å². The van der Waals surface area contributed by atoms with Crippen LogP contribution < -0.4 is 11.1 Å². The largest absolute Gasteiger partial charge is 0.399 e. The fourth-order valence-electron chi connectivity index (χ4n) is 1.83. The van der Waals surface area contributed by atoms with E-state index < -0.39 is 21.0 Å². The maximum Gasteiger partial charge on any atom is 0.244 e. The van der Waals surface area contributed by atoms with E-state index in [9.17, 15) is 13.2 Å². The van der Waals surface area contributed by atoms with Gasteiger partial charge in [-0.3, -0.25) is 4.79 Å². The first kappa shape index (κ1) is 15.7. The summed E-state index contributed by atoms with van der Waals surface area (Å²) >= 11 is 1.26. The standard InChI is InChI=1S/C13H17N3O3S2/c1-3-6-21(18,19)8(2)12(17)16-13-15-10-5-4-9(14)7-11(10)20-13/h4-5,7-8H,3,6,14H2,1-2H3,(H,15,16,17). The van der Waals surface area contributed by atoms with E-state index in [1.807, 2.05) is 0 Å². The average molecular weight is 327 g/mol. The first-order valence-electron chi connectivity index (χ1n) is 6.52. The number of aromatic nitrogens is 1. The molecule has 6 nitrogen and oxygen atoms in total. The molecule has 1 amide bonds. The van der Waals surface area contributed by atoms with Gasteiger partial charge in [-0.1, -0.05) is 18.3 Å². The molecule has 0 aliphatic carbocycles. The van der Waals surface area contributed by atoms with Crippen molar-refractivity contribution in [3.8, 4) is 0 Å². The molecule has 1 heterocycles. The van der Waals surface area contributed by atoms with Crippen LogP contribution in [0.5, 0.6) is 0 Å². The molecule has 1 aromatic heterocycles. The van der Waals surface area contributed by atoms with Gasteiger partial charge in [0.15, 0.2) is 15.0 Å². The second-order valence-corrected chi connectivity index (χ2v) is 8.22. The zero-order chi connectivity index (χ0) is 15.6. The summed E-state index contributed by atoms with van der Waals surface area (Å²) in [6.07, 6.45) is 0.486. The van der Waals surface area contributed by atoms with Crippen molar-refractivity contribution in [2.45, 2.75) is 25.5 Å². The van der Waals surface area contributed by atoms with Crippen molar-refractivity contribution in [3.05, 3.63) is 18.2 Å². The highest BCUT2D eigenvalue weighted by Gasteiger charge is 2.27. The molecule has 0 aliphatic heterocycles. The van der Waals surface area contributed by atoms with Gasteiger partial charge in [0.1, 0.15) is 5.25 Å². The average Bonchev–Trinajstić information content (AvgIpc) is 2.78. The Morgan fingerprint density at radius 3 is 2.86 bits per heavy atom. The molecule has 0 saturated carbocycles. The molecule has 0 radical (unpaired) electrons. The lowest BCUT2D eigenvalue weighted by Gasteiger charge is -2.10. The molecule has 21 heavy (non-hydrogen) atoms. The lowest BCUT2D eigenvalue weighted by atomic mass is 10.3. The Balaban J connectivity index is 2.18. The molecule has 0 spiro atoms. The number of carbonyl (C=O) groups is 1. The van der Waals surface area contributed by atoms with Crippen LogP contribution >= 0.6 is 11.3 Å². The molecular formula is C13H17N3O3S2. The molecule has 0 fully saturated rings. The number of rotatable bonds is 5. The number of fused-ring (bicyclic) bond motifs is 1. The van der Waals surface area contributed by atoms with Gasteiger partial charge in [-0.25, -0.2) is 13.4 Å². The molecule has 2 rings (SSSR count). The zero-order valence-electron chi connectivity index (χ0n) is 11.8. The van der Waals surface area contributed by atoms with E-state index in [1.165, 1.54) is 18.3 Å². The van der Waals surface area contributed by atoms with Crippen LogP contribution in [0.3, 0.4) is 0 Å². The second-order valence-electron chi connectivity index (χ2n) is 4.74. The summed E-state index contributed by atoms with van der Waals surface area (Å²) in [6.45, 7) is 3.16. The number of thiazole rings is 1. The number of carbonyl (C=O) groups excluding carboxylic acids is 1. The number of benzene rings is 1. The fraction of sp³-hybridized carbons (Fsp3) is 0.385. The molecule has 114 valence electrons. The number of hydrogen-bond donors (Lipinski definition) is 2. The predicted molar refractivity (Wildman–Crippen MR) is 86.2 cm³/mol. The molecular weight excluding hydrogens is 310 g/mol. The Kier molecular flexibility index (Phi) is 4.48. The number of sulfone groups is 1. The minimum Gasteiger partial charge on any atom is -0.399 e. The number of nitrogens with two attached hydrogens (primary N) is 1. The van der Waals surface area contributed by atoms with Crippen LogP contribution in [0.1, 0.15) is 20.3 Å². The van der Waals surface area contributed by atoms with E-state index >= 15 is 0 Å². The summed E-state index contributed by atoms with van der Waals surface area (Å²) in [5, 5.41) is 1.85. The monoisotopic (exact) mass is 327 g/mol. The lowest BCUT2D eigenvalue weighted by Crippen LogP contribution is -2.33. The summed E-state index contributed by atoms with van der Waals surface area (Å²) in [5.41, 5.74) is 7.02. The third-order valence-electron chi connectivity index (χ3n) is 3.04. The molecule has 1 unspecified atom stereocenters. The SMILES string of the molecule is CCCS(=O)(=O)C(C)C(=O)Nc1nc2ccc(N)cc2s1. The number of hydrogen-bond acceptors (Lipinski definition) is 6. The lowest BCUT2D eigenvalue weighted by molar-refractivity contribution is -0.115. The van der Waals surface area contributed by atoms with Crippen molar-refractivity contribution in [1.82, 2.24) is 4.98 Å². The first-order chi connectivity index (χ1) is 9.83. The summed E-state index contributed by atoms with van der Waals surface area (Å²) < 4.78 is 24.6. The highest BCUT2D eigenvalue weighted by atomic mass is 32.2. The van der Waals surface area contributed by atoms with Crippen molar-refractivity contribution in [3.63, 3.8) is 0 Å². The van der Waals surface area contributed by atoms with Crippen LogP contribution in [0.4, 0.5) is 10.8 Å². The van der Waals surface area contributed by atoms with E-state index in [1.54, 1.807) is 25.1 Å². The molecule has 0 bridgehead atoms. The molecule has 0 aliphatic rings. The molecule has 3 N–H and O–H groups in total. The summed E-state index contributed by atoms with van der Waals surface area (Å²) in [6, 6.07) is 5.25. The van der Waals surface area contributed by atoms with Crippen LogP contribution in [0.25, 0.3) is 10.2 Å². The van der Waals surface area contributed by atoms with Gasteiger partial charge >= 0.3 is 0 Å². The van der Waals surface area contributed by atoms with E-state index in [-0.39, 0.29) is 5.75 Å². The maximum absolute atomic E-state index is 12.0. The highest BCUT2D eigenvalue weighted by molar-refractivity contribution is 7.92. The molecule has 2 aromatic rings. The predicted octanol–water partition coefficient (Wildman–Crippen LogP) is 2.03. The summed E-state index contributed by atoms with van der Waals surface area (Å²) in [5.74, 6) is -0.562. The van der Waals surface area contributed by atoms with Crippen LogP contribution in [0.2, 0.25) is 0 Å². The molecule has 1 aromatic carbocycles. The first-order valence-corrected chi connectivity index (χ1v) is 9.05. The number of anilines is 2. The van der Waals surface area contributed by atoms with Gasteiger partial charge in [0, 0.05) is 5.69 Å². The Bertz CT molecular complexity index is 768. The Hall–Kier alpha value is -1.67. The topological polar surface area (TPSA) is 102 Å². The smallest absolute Gasteiger partial charge is 0.244 e. The van der Waals surface area contributed by atoms with Crippen molar-refractivity contribution >= 4 is 48.1 Å². The number of nitrogens with one attached hydrogen (secondary N) is 1. The van der Waals surface area contributed by atoms with Gasteiger partial charge in [-0.05, 0) is 31.5 Å². The van der Waals surface area contributed by atoms with Gasteiger partial charge in [0.25, 0.3) is 0 Å². The van der Waals surface area contributed by atoms with Gasteiger partial charge in [0.05, 0.1) is 16.0 Å². The summed E-state index contributed by atoms with van der Waals surface area (Å²) in [7, 11) is -3.42. The van der Waals surface area contributed by atoms with Crippen LogP contribution in [0.15, 0.2) is 18.2 Å². The minimum atomic E-state index is -3.42. The number of amides is 1. The van der Waals surface area contributed by atoms with Gasteiger partial charge in [-0.15, -0.1) is 0 Å². The van der Waals surface area contributed by atoms with E-state index in [2.05, 4.69) is 10.3 Å². The highest BCUT2D eigenvalue weighted by Crippen LogP contribution is 2.27. The van der Waals surface area contributed by atoms with Crippen LogP contribution in [-0.2, 0) is 14.6 Å². The molecule has 8 heteroatoms. The van der Waals surface area contributed by atoms with Gasteiger partial charge < -0.3 is 11.1 Å². The van der Waals surface area contributed by atoms with E-state index in [0.717, 1.165) is 4.70 Å². The third kappa shape index (κ3) is 3.51. The quantitative estimate of drug-likeness (QED) is 0.818. The van der Waals surface area contributed by atoms with Gasteiger partial charge in [-0.2, -0.15) is 0 Å². The van der Waals surface area contributed by atoms with Crippen LogP contribution in [-0.4, -0.2) is 30.3 Å². The summed E-state index contributed by atoms with van der Waals surface area (Å²) in [4.78, 5) is 16.3. The number of nitrogens with zero attached hydrogens (tertiary/aromatic N) is 1. The molecule has 1 atom stereocenters. The van der Waals surface area contributed by atoms with Crippen LogP contribution in [0, 0.1) is 0 Å². The Morgan fingerprint density at radius 2 is 2.19 bits per heavy atom. The fourth-order valence-corrected chi connectivity index (χ4v) is 4.05. The van der Waals surface area contributed by atoms with Crippen molar-refractivity contribution in [2.75, 3.05) is 16.8 Å². The second kappa shape index (κ2) is 5.98. The minimum absolute atomic E-state index is 0.00202. The van der Waals surface area contributed by atoms with E-state index in [4.69, 9.17) is 5.73 Å².